The molecule has 8 heteroatoms. The van der Waals surface area contributed by atoms with Gasteiger partial charge in [-0.2, -0.15) is 0 Å². The molecule has 2 amide bonds. The smallest absolute Gasteiger partial charge is 0.311 e. The summed E-state index contributed by atoms with van der Waals surface area (Å²) in [5, 5.41) is 9.78. The van der Waals surface area contributed by atoms with Gasteiger partial charge in [-0.3, -0.25) is 14.4 Å². The lowest BCUT2D eigenvalue weighted by Gasteiger charge is -2.39. The van der Waals surface area contributed by atoms with Crippen LogP contribution in [0.15, 0.2) is 25.3 Å². The number of carbonyl (C=O) groups excluding carboxylic acids is 3. The van der Waals surface area contributed by atoms with Crippen LogP contribution < -0.4 is 0 Å². The molecular formula is C27H42N2O5S. The summed E-state index contributed by atoms with van der Waals surface area (Å²) in [7, 11) is 0. The minimum Gasteiger partial charge on any atom is -0.465 e. The highest BCUT2D eigenvalue weighted by Crippen LogP contribution is 2.71. The van der Waals surface area contributed by atoms with Gasteiger partial charge in [0.15, 0.2) is 0 Å². The Morgan fingerprint density at radius 1 is 1.31 bits per heavy atom. The first-order valence-corrected chi connectivity index (χ1v) is 13.8. The second-order valence-corrected chi connectivity index (χ2v) is 12.2. The molecule has 3 saturated heterocycles. The molecule has 0 radical (unpaired) electrons. The molecule has 0 aromatic rings. The first-order valence-electron chi connectivity index (χ1n) is 13.0. The summed E-state index contributed by atoms with van der Waals surface area (Å²) >= 11 is 1.63. The standard InChI is InChI=1S/C27H42N2O5S/c1-6-9-10-11-18-34-25(33)21-20-23(31)29(16-17-30)22(27(20)14-13-26(21,5)35-27)24(32)28(15-8-3)19(4)12-7-2/h6,8,19-22,30H,1,3,7,9-18H2,2,4-5H3/t19?,20-,21+,22?,26-,27?/m0/s1. The number of fused-ring (bicyclic) bond motifs is 1. The fourth-order valence-electron chi connectivity index (χ4n) is 6.42. The van der Waals surface area contributed by atoms with E-state index in [0.717, 1.165) is 38.5 Å². The quantitative estimate of drug-likeness (QED) is 0.220. The van der Waals surface area contributed by atoms with Gasteiger partial charge in [-0.05, 0) is 52.4 Å². The monoisotopic (exact) mass is 506 g/mol. The molecule has 3 aliphatic heterocycles. The molecule has 0 saturated carbocycles. The zero-order valence-electron chi connectivity index (χ0n) is 21.5. The van der Waals surface area contributed by atoms with E-state index in [1.165, 1.54) is 0 Å². The number of aliphatic hydroxyl groups excluding tert-OH is 1. The van der Waals surface area contributed by atoms with Crippen LogP contribution in [0.1, 0.15) is 65.7 Å². The van der Waals surface area contributed by atoms with Crippen LogP contribution in [0.5, 0.6) is 0 Å². The lowest BCUT2D eigenvalue weighted by molar-refractivity contribution is -0.155. The Balaban J connectivity index is 1.93. The third kappa shape index (κ3) is 4.93. The predicted octanol–water partition coefficient (Wildman–Crippen LogP) is 3.56. The third-order valence-corrected chi connectivity index (χ3v) is 9.99. The topological polar surface area (TPSA) is 87.1 Å². The van der Waals surface area contributed by atoms with Crippen molar-refractivity contribution in [1.82, 2.24) is 9.80 Å². The second-order valence-electron chi connectivity index (χ2n) is 10.4. The highest BCUT2D eigenvalue weighted by molar-refractivity contribution is 8.02. The number of hydrogen-bond donors (Lipinski definition) is 1. The van der Waals surface area contributed by atoms with E-state index in [4.69, 9.17) is 4.74 Å². The highest BCUT2D eigenvalue weighted by atomic mass is 32.2. The number of allylic oxidation sites excluding steroid dienone is 1. The van der Waals surface area contributed by atoms with Gasteiger partial charge in [-0.25, -0.2) is 0 Å². The first kappa shape index (κ1) is 27.8. The predicted molar refractivity (Wildman–Crippen MR) is 139 cm³/mol. The molecule has 3 fully saturated rings. The molecule has 3 unspecified atom stereocenters. The maximum Gasteiger partial charge on any atom is 0.311 e. The molecule has 35 heavy (non-hydrogen) atoms. The van der Waals surface area contributed by atoms with Crippen molar-refractivity contribution < 1.29 is 24.2 Å². The number of ether oxygens (including phenoxy) is 1. The van der Waals surface area contributed by atoms with Crippen molar-refractivity contribution >= 4 is 29.5 Å². The van der Waals surface area contributed by atoms with Crippen LogP contribution in [-0.4, -0.2) is 80.6 Å². The Hall–Kier alpha value is -1.80. The SMILES string of the molecule is C=CCCCCOC(=O)[C@H]1[C@H]2C(=O)N(CCO)C(C(=O)N(CC=C)C(C)CCC)C23CC[C@]1(C)S3. The maximum atomic E-state index is 14.1. The van der Waals surface area contributed by atoms with Crippen molar-refractivity contribution in [3.05, 3.63) is 25.3 Å². The molecular weight excluding hydrogens is 464 g/mol. The van der Waals surface area contributed by atoms with E-state index in [0.29, 0.717) is 19.6 Å². The first-order chi connectivity index (χ1) is 16.7. The minimum atomic E-state index is -0.705. The summed E-state index contributed by atoms with van der Waals surface area (Å²) in [6, 6.07) is -0.703. The van der Waals surface area contributed by atoms with E-state index in [1.807, 2.05) is 24.8 Å². The van der Waals surface area contributed by atoms with E-state index >= 15 is 0 Å². The number of amides is 2. The molecule has 1 spiro atoms. The van der Waals surface area contributed by atoms with E-state index in [1.54, 1.807) is 22.7 Å². The molecule has 0 aliphatic carbocycles. The summed E-state index contributed by atoms with van der Waals surface area (Å²) < 4.78 is 4.55. The largest absolute Gasteiger partial charge is 0.465 e. The Morgan fingerprint density at radius 2 is 2.06 bits per heavy atom. The van der Waals surface area contributed by atoms with Crippen LogP contribution in [-0.2, 0) is 19.1 Å². The lowest BCUT2D eigenvalue weighted by Crippen LogP contribution is -2.56. The Morgan fingerprint density at radius 3 is 2.69 bits per heavy atom. The fourth-order valence-corrected chi connectivity index (χ4v) is 8.76. The van der Waals surface area contributed by atoms with Crippen LogP contribution in [0.4, 0.5) is 0 Å². The number of esters is 1. The molecule has 1 N–H and O–H groups in total. The van der Waals surface area contributed by atoms with Crippen molar-refractivity contribution in [3.8, 4) is 0 Å². The van der Waals surface area contributed by atoms with E-state index < -0.39 is 27.4 Å². The molecule has 6 atom stereocenters. The fraction of sp³-hybridized carbons (Fsp3) is 0.741. The Kier molecular flexibility index (Phi) is 9.13. The molecule has 0 aromatic carbocycles. The number of unbranched alkanes of at least 4 members (excludes halogenated alkanes) is 2. The molecule has 2 bridgehead atoms. The van der Waals surface area contributed by atoms with Gasteiger partial charge in [-0.1, -0.05) is 25.5 Å². The van der Waals surface area contributed by atoms with Crippen LogP contribution in [0.25, 0.3) is 0 Å². The van der Waals surface area contributed by atoms with E-state index in [-0.39, 0.29) is 37.0 Å². The zero-order chi connectivity index (χ0) is 25.8. The molecule has 196 valence electrons. The lowest BCUT2D eigenvalue weighted by atomic mass is 9.66. The summed E-state index contributed by atoms with van der Waals surface area (Å²) in [6.07, 6.45) is 9.32. The Bertz CT molecular complexity index is 834. The van der Waals surface area contributed by atoms with Crippen LogP contribution >= 0.6 is 11.8 Å². The van der Waals surface area contributed by atoms with Gasteiger partial charge in [0.2, 0.25) is 11.8 Å². The van der Waals surface area contributed by atoms with Crippen LogP contribution in [0.3, 0.4) is 0 Å². The number of nitrogens with zero attached hydrogens (tertiary/aromatic N) is 2. The summed E-state index contributed by atoms with van der Waals surface area (Å²) in [5.41, 5.74) is 0. The number of likely N-dealkylation sites (tertiary alicyclic amines) is 1. The molecule has 3 rings (SSSR count). The highest BCUT2D eigenvalue weighted by Gasteiger charge is 2.77. The molecule has 3 aliphatic rings. The number of thioether (sulfide) groups is 1. The normalized spacial score (nSPS) is 31.8. The van der Waals surface area contributed by atoms with Gasteiger partial charge in [0.05, 0.1) is 29.8 Å². The van der Waals surface area contributed by atoms with Crippen molar-refractivity contribution in [3.63, 3.8) is 0 Å². The van der Waals surface area contributed by atoms with Gasteiger partial charge < -0.3 is 19.6 Å². The summed E-state index contributed by atoms with van der Waals surface area (Å²) in [6.45, 7) is 14.3. The molecule has 0 aromatic heterocycles. The molecule has 7 nitrogen and oxygen atoms in total. The average Bonchev–Trinajstić information content (AvgIpc) is 3.38. The van der Waals surface area contributed by atoms with E-state index in [9.17, 15) is 19.5 Å². The van der Waals surface area contributed by atoms with Gasteiger partial charge in [0.1, 0.15) is 6.04 Å². The van der Waals surface area contributed by atoms with Crippen LogP contribution in [0.2, 0.25) is 0 Å². The zero-order valence-corrected chi connectivity index (χ0v) is 22.4. The number of hydrogen-bond acceptors (Lipinski definition) is 6. The van der Waals surface area contributed by atoms with Crippen molar-refractivity contribution in [2.75, 3.05) is 26.3 Å². The second kappa shape index (κ2) is 11.5. The van der Waals surface area contributed by atoms with Crippen molar-refractivity contribution in [2.24, 2.45) is 11.8 Å². The number of rotatable bonds is 14. The number of β-amino-alcohol motifs (C(OH)–C–C–N with tert-alkyl or cyclic N) is 1. The third-order valence-electron chi connectivity index (χ3n) is 8.00. The van der Waals surface area contributed by atoms with Crippen molar-refractivity contribution in [1.29, 1.82) is 0 Å². The van der Waals surface area contributed by atoms with Crippen molar-refractivity contribution in [2.45, 2.75) is 87.3 Å². The van der Waals surface area contributed by atoms with Gasteiger partial charge >= 0.3 is 5.97 Å². The Labute approximate surface area is 214 Å². The average molecular weight is 507 g/mol. The number of carbonyl (C=O) groups is 3. The van der Waals surface area contributed by atoms with Crippen LogP contribution in [0, 0.1) is 11.8 Å². The summed E-state index contributed by atoms with van der Waals surface area (Å²) in [5.74, 6) is -1.85. The van der Waals surface area contributed by atoms with E-state index in [2.05, 4.69) is 20.1 Å². The van der Waals surface area contributed by atoms with Gasteiger partial charge in [0, 0.05) is 23.9 Å². The van der Waals surface area contributed by atoms with Gasteiger partial charge in [0.25, 0.3) is 0 Å². The summed E-state index contributed by atoms with van der Waals surface area (Å²) in [4.78, 5) is 44.6. The molecule has 3 heterocycles. The van der Waals surface area contributed by atoms with Gasteiger partial charge in [-0.15, -0.1) is 24.9 Å². The number of aliphatic hydroxyl groups is 1. The maximum absolute atomic E-state index is 14.1. The minimum absolute atomic E-state index is 0.00236.